The molecule has 0 bridgehead atoms. The number of pyridine rings is 1. The fourth-order valence-corrected chi connectivity index (χ4v) is 2.14. The molecule has 2 heterocycles. The normalized spacial score (nSPS) is 10.6. The molecule has 0 aliphatic rings. The molecule has 0 aliphatic carbocycles. The maximum absolute atomic E-state index is 5.81. The Bertz CT molecular complexity index is 742. The molecule has 6 heteroatoms. The second kappa shape index (κ2) is 5.93. The summed E-state index contributed by atoms with van der Waals surface area (Å²) in [5, 5.41) is 4.27. The standard InChI is InChI=1S/C15H13ClN4O/c1-11-12(9-16)7-8-14(18-11)21-15-17-10-20(19-15)13-5-3-2-4-6-13/h2-8,10H,9H2,1H3. The van der Waals surface area contributed by atoms with Gasteiger partial charge in [0.2, 0.25) is 5.88 Å². The Hall–Kier alpha value is -2.40. The van der Waals surface area contributed by atoms with Crippen molar-refractivity contribution < 1.29 is 4.74 Å². The molecule has 1 aromatic carbocycles. The van der Waals surface area contributed by atoms with Crippen molar-refractivity contribution in [2.24, 2.45) is 0 Å². The van der Waals surface area contributed by atoms with E-state index in [0.29, 0.717) is 11.8 Å². The predicted octanol–water partition coefficient (Wildman–Crippen LogP) is 3.50. The first-order valence-electron chi connectivity index (χ1n) is 6.43. The summed E-state index contributed by atoms with van der Waals surface area (Å²) in [5.41, 5.74) is 2.73. The molecule has 5 nitrogen and oxygen atoms in total. The maximum Gasteiger partial charge on any atom is 0.342 e. The first-order valence-corrected chi connectivity index (χ1v) is 6.97. The van der Waals surface area contributed by atoms with Crippen LogP contribution >= 0.6 is 11.6 Å². The van der Waals surface area contributed by atoms with Crippen LogP contribution in [0.2, 0.25) is 0 Å². The minimum Gasteiger partial charge on any atom is -0.404 e. The number of aryl methyl sites for hydroxylation is 1. The SMILES string of the molecule is Cc1nc(Oc2ncn(-c3ccccc3)n2)ccc1CCl. The highest BCUT2D eigenvalue weighted by Crippen LogP contribution is 2.19. The third kappa shape index (κ3) is 3.03. The Morgan fingerprint density at radius 1 is 1.14 bits per heavy atom. The van der Waals surface area contributed by atoms with Gasteiger partial charge in [-0.05, 0) is 24.6 Å². The van der Waals surface area contributed by atoms with E-state index < -0.39 is 0 Å². The largest absolute Gasteiger partial charge is 0.404 e. The molecular weight excluding hydrogens is 288 g/mol. The van der Waals surface area contributed by atoms with Crippen LogP contribution in [-0.2, 0) is 5.88 Å². The van der Waals surface area contributed by atoms with Crippen molar-refractivity contribution in [2.75, 3.05) is 0 Å². The lowest BCUT2D eigenvalue weighted by Crippen LogP contribution is -1.97. The summed E-state index contributed by atoms with van der Waals surface area (Å²) in [6.45, 7) is 1.89. The van der Waals surface area contributed by atoms with Crippen LogP contribution in [0.3, 0.4) is 0 Å². The van der Waals surface area contributed by atoms with Crippen molar-refractivity contribution in [3.8, 4) is 17.6 Å². The number of nitrogens with zero attached hydrogens (tertiary/aromatic N) is 4. The second-order valence-electron chi connectivity index (χ2n) is 4.44. The monoisotopic (exact) mass is 300 g/mol. The highest BCUT2D eigenvalue weighted by molar-refractivity contribution is 6.17. The molecule has 0 fully saturated rings. The average Bonchev–Trinajstić information content (AvgIpc) is 2.97. The Labute approximate surface area is 127 Å². The fourth-order valence-electron chi connectivity index (χ4n) is 1.86. The Morgan fingerprint density at radius 2 is 1.95 bits per heavy atom. The second-order valence-corrected chi connectivity index (χ2v) is 4.70. The molecular formula is C15H13ClN4O. The fraction of sp³-hybridized carbons (Fsp3) is 0.133. The summed E-state index contributed by atoms with van der Waals surface area (Å²) in [6, 6.07) is 13.6. The molecule has 0 radical (unpaired) electrons. The van der Waals surface area contributed by atoms with Crippen LogP contribution in [0, 0.1) is 6.92 Å². The number of halogens is 1. The minimum absolute atomic E-state index is 0.254. The van der Waals surface area contributed by atoms with E-state index in [1.807, 2.05) is 43.3 Å². The van der Waals surface area contributed by atoms with Gasteiger partial charge in [-0.25, -0.2) is 9.67 Å². The molecule has 0 saturated carbocycles. The van der Waals surface area contributed by atoms with E-state index in [2.05, 4.69) is 15.1 Å². The van der Waals surface area contributed by atoms with Gasteiger partial charge in [-0.3, -0.25) is 0 Å². The Kier molecular flexibility index (Phi) is 3.83. The van der Waals surface area contributed by atoms with Crippen molar-refractivity contribution in [3.05, 3.63) is 60.0 Å². The Balaban J connectivity index is 1.80. The number of benzene rings is 1. The third-order valence-electron chi connectivity index (χ3n) is 3.00. The van der Waals surface area contributed by atoms with Crippen LogP contribution in [0.1, 0.15) is 11.3 Å². The van der Waals surface area contributed by atoms with Gasteiger partial charge in [0.15, 0.2) is 0 Å². The van der Waals surface area contributed by atoms with Crippen LogP contribution in [-0.4, -0.2) is 19.7 Å². The van der Waals surface area contributed by atoms with E-state index in [4.69, 9.17) is 16.3 Å². The van der Waals surface area contributed by atoms with Crippen LogP contribution in [0.25, 0.3) is 5.69 Å². The van der Waals surface area contributed by atoms with Crippen LogP contribution in [0.5, 0.6) is 11.9 Å². The van der Waals surface area contributed by atoms with Crippen LogP contribution in [0.15, 0.2) is 48.8 Å². The quantitative estimate of drug-likeness (QED) is 0.692. The summed E-state index contributed by atoms with van der Waals surface area (Å²) >= 11 is 5.81. The zero-order valence-electron chi connectivity index (χ0n) is 11.4. The first-order chi connectivity index (χ1) is 10.3. The number of para-hydroxylation sites is 1. The number of ether oxygens (including phenoxy) is 1. The van der Waals surface area contributed by atoms with Gasteiger partial charge in [0.05, 0.1) is 5.69 Å². The van der Waals surface area contributed by atoms with Crippen molar-refractivity contribution in [1.29, 1.82) is 0 Å². The molecule has 0 spiro atoms. The summed E-state index contributed by atoms with van der Waals surface area (Å²) in [4.78, 5) is 8.45. The lowest BCUT2D eigenvalue weighted by molar-refractivity contribution is 0.423. The molecule has 2 aromatic heterocycles. The molecule has 0 saturated heterocycles. The van der Waals surface area contributed by atoms with E-state index in [-0.39, 0.29) is 6.01 Å². The van der Waals surface area contributed by atoms with Crippen LogP contribution < -0.4 is 4.74 Å². The number of aromatic nitrogens is 4. The molecule has 0 unspecified atom stereocenters. The third-order valence-corrected chi connectivity index (χ3v) is 3.29. The van der Waals surface area contributed by atoms with Gasteiger partial charge in [0, 0.05) is 17.6 Å². The van der Waals surface area contributed by atoms with E-state index in [9.17, 15) is 0 Å². The van der Waals surface area contributed by atoms with Gasteiger partial charge in [-0.2, -0.15) is 4.98 Å². The average molecular weight is 301 g/mol. The summed E-state index contributed by atoms with van der Waals surface area (Å²) < 4.78 is 7.21. The molecule has 106 valence electrons. The first kappa shape index (κ1) is 13.6. The summed E-state index contributed by atoms with van der Waals surface area (Å²) in [6.07, 6.45) is 1.60. The molecule has 21 heavy (non-hydrogen) atoms. The number of hydrogen-bond acceptors (Lipinski definition) is 4. The van der Waals surface area contributed by atoms with Gasteiger partial charge in [-0.1, -0.05) is 24.3 Å². The molecule has 3 rings (SSSR count). The highest BCUT2D eigenvalue weighted by atomic mass is 35.5. The molecule has 0 aliphatic heterocycles. The van der Waals surface area contributed by atoms with Gasteiger partial charge < -0.3 is 4.74 Å². The summed E-state index contributed by atoms with van der Waals surface area (Å²) in [5.74, 6) is 0.882. The van der Waals surface area contributed by atoms with Gasteiger partial charge in [0.1, 0.15) is 6.33 Å². The van der Waals surface area contributed by atoms with Gasteiger partial charge >= 0.3 is 6.01 Å². The van der Waals surface area contributed by atoms with E-state index in [1.54, 1.807) is 17.1 Å². The highest BCUT2D eigenvalue weighted by Gasteiger charge is 2.07. The Morgan fingerprint density at radius 3 is 2.67 bits per heavy atom. The van der Waals surface area contributed by atoms with Gasteiger partial charge in [-0.15, -0.1) is 16.7 Å². The summed E-state index contributed by atoms with van der Waals surface area (Å²) in [7, 11) is 0. The molecule has 0 amide bonds. The van der Waals surface area contributed by atoms with Gasteiger partial charge in [0.25, 0.3) is 0 Å². The molecule has 3 aromatic rings. The topological polar surface area (TPSA) is 52.8 Å². The van der Waals surface area contributed by atoms with Crippen molar-refractivity contribution in [3.63, 3.8) is 0 Å². The number of alkyl halides is 1. The van der Waals surface area contributed by atoms with E-state index in [0.717, 1.165) is 16.9 Å². The number of rotatable bonds is 4. The predicted molar refractivity (Wildman–Crippen MR) is 80.0 cm³/mol. The van der Waals surface area contributed by atoms with Crippen molar-refractivity contribution in [1.82, 2.24) is 19.7 Å². The zero-order valence-corrected chi connectivity index (χ0v) is 12.2. The van der Waals surface area contributed by atoms with E-state index >= 15 is 0 Å². The van der Waals surface area contributed by atoms with Crippen LogP contribution in [0.4, 0.5) is 0 Å². The smallest absolute Gasteiger partial charge is 0.342 e. The lowest BCUT2D eigenvalue weighted by Gasteiger charge is -2.04. The molecule has 0 N–H and O–H groups in total. The zero-order chi connectivity index (χ0) is 14.7. The number of hydrogen-bond donors (Lipinski definition) is 0. The van der Waals surface area contributed by atoms with E-state index in [1.165, 1.54) is 0 Å². The molecule has 0 atom stereocenters. The van der Waals surface area contributed by atoms with Crippen molar-refractivity contribution >= 4 is 11.6 Å². The maximum atomic E-state index is 5.81. The van der Waals surface area contributed by atoms with Crippen molar-refractivity contribution in [2.45, 2.75) is 12.8 Å². The minimum atomic E-state index is 0.254. The lowest BCUT2D eigenvalue weighted by atomic mass is 10.2.